The summed E-state index contributed by atoms with van der Waals surface area (Å²) >= 11 is 1.32. The van der Waals surface area contributed by atoms with E-state index in [2.05, 4.69) is 4.98 Å². The van der Waals surface area contributed by atoms with Crippen LogP contribution >= 0.6 is 11.3 Å². The third kappa shape index (κ3) is 2.60. The molecule has 21 heavy (non-hydrogen) atoms. The van der Waals surface area contributed by atoms with E-state index in [1.807, 2.05) is 6.07 Å². The van der Waals surface area contributed by atoms with Crippen molar-refractivity contribution >= 4 is 21.6 Å². The highest BCUT2D eigenvalue weighted by atomic mass is 32.1. The molecule has 0 fully saturated rings. The minimum atomic E-state index is -4.37. The van der Waals surface area contributed by atoms with Crippen molar-refractivity contribution in [2.24, 2.45) is 0 Å². The van der Waals surface area contributed by atoms with Crippen LogP contribution in [0, 0.1) is 11.3 Å². The second-order valence-electron chi connectivity index (χ2n) is 4.39. The highest BCUT2D eigenvalue weighted by Crippen LogP contribution is 2.35. The Morgan fingerprint density at radius 1 is 1.05 bits per heavy atom. The molecule has 6 heteroatoms. The number of hydrogen-bond donors (Lipinski definition) is 0. The maximum absolute atomic E-state index is 12.7. The molecule has 0 spiro atoms. The van der Waals surface area contributed by atoms with Gasteiger partial charge in [-0.25, -0.2) is 4.98 Å². The number of rotatable bonds is 1. The summed E-state index contributed by atoms with van der Waals surface area (Å²) in [6.45, 7) is 0. The van der Waals surface area contributed by atoms with E-state index >= 15 is 0 Å². The van der Waals surface area contributed by atoms with Crippen molar-refractivity contribution in [3.8, 4) is 16.6 Å². The normalized spacial score (nSPS) is 11.5. The SMILES string of the molecule is N#Cc1ccc(-c2nc3cc(C(F)(F)F)ccc3s2)cc1. The fourth-order valence-electron chi connectivity index (χ4n) is 1.91. The number of thiazole rings is 1. The summed E-state index contributed by atoms with van der Waals surface area (Å²) in [7, 11) is 0. The molecule has 0 saturated heterocycles. The zero-order valence-electron chi connectivity index (χ0n) is 10.5. The number of nitrogens with zero attached hydrogens (tertiary/aromatic N) is 2. The summed E-state index contributed by atoms with van der Waals surface area (Å²) in [5, 5.41) is 9.38. The largest absolute Gasteiger partial charge is 0.416 e. The van der Waals surface area contributed by atoms with Crippen LogP contribution in [-0.4, -0.2) is 4.98 Å². The monoisotopic (exact) mass is 304 g/mol. The number of aromatic nitrogens is 1. The molecule has 0 N–H and O–H groups in total. The Balaban J connectivity index is 2.06. The van der Waals surface area contributed by atoms with Gasteiger partial charge in [-0.05, 0) is 30.3 Å². The van der Waals surface area contributed by atoms with Crippen LogP contribution in [0.15, 0.2) is 42.5 Å². The van der Waals surface area contributed by atoms with Crippen LogP contribution in [0.25, 0.3) is 20.8 Å². The van der Waals surface area contributed by atoms with E-state index in [1.54, 1.807) is 24.3 Å². The number of alkyl halides is 3. The maximum atomic E-state index is 12.7. The van der Waals surface area contributed by atoms with Gasteiger partial charge in [-0.15, -0.1) is 11.3 Å². The summed E-state index contributed by atoms with van der Waals surface area (Å²) in [6.07, 6.45) is -4.37. The first-order valence-corrected chi connectivity index (χ1v) is 6.77. The molecule has 3 aromatic rings. The standard InChI is InChI=1S/C15H7F3N2S/c16-15(17,18)11-5-6-13-12(7-11)20-14(21-13)10-3-1-9(8-19)2-4-10/h1-7H. The van der Waals surface area contributed by atoms with Crippen LogP contribution in [0.5, 0.6) is 0 Å². The summed E-state index contributed by atoms with van der Waals surface area (Å²) in [5.74, 6) is 0. The Labute approximate surface area is 122 Å². The van der Waals surface area contributed by atoms with Gasteiger partial charge in [-0.3, -0.25) is 0 Å². The predicted octanol–water partition coefficient (Wildman–Crippen LogP) is 4.85. The lowest BCUT2D eigenvalue weighted by Gasteiger charge is -2.04. The van der Waals surface area contributed by atoms with Crippen molar-refractivity contribution in [3.05, 3.63) is 53.6 Å². The van der Waals surface area contributed by atoms with Crippen LogP contribution in [0.2, 0.25) is 0 Å². The third-order valence-electron chi connectivity index (χ3n) is 2.98. The molecule has 0 aliphatic heterocycles. The zero-order chi connectivity index (χ0) is 15.0. The van der Waals surface area contributed by atoms with E-state index in [4.69, 9.17) is 5.26 Å². The summed E-state index contributed by atoms with van der Waals surface area (Å²) in [5.41, 5.74) is 0.934. The molecular weight excluding hydrogens is 297 g/mol. The van der Waals surface area contributed by atoms with Crippen LogP contribution in [-0.2, 0) is 6.18 Å². The molecule has 0 saturated carbocycles. The van der Waals surface area contributed by atoms with Crippen LogP contribution in [0.3, 0.4) is 0 Å². The highest BCUT2D eigenvalue weighted by molar-refractivity contribution is 7.21. The van der Waals surface area contributed by atoms with Gasteiger partial charge in [0.05, 0.1) is 27.4 Å². The Hall–Kier alpha value is -2.39. The van der Waals surface area contributed by atoms with Gasteiger partial charge in [0.25, 0.3) is 0 Å². The second kappa shape index (κ2) is 4.86. The van der Waals surface area contributed by atoms with Gasteiger partial charge in [-0.1, -0.05) is 12.1 Å². The first kappa shape index (κ1) is 13.6. The molecule has 0 amide bonds. The van der Waals surface area contributed by atoms with Crippen LogP contribution < -0.4 is 0 Å². The number of hydrogen-bond acceptors (Lipinski definition) is 3. The van der Waals surface area contributed by atoms with E-state index < -0.39 is 11.7 Å². The molecular formula is C15H7F3N2S. The van der Waals surface area contributed by atoms with Crippen LogP contribution in [0.4, 0.5) is 13.2 Å². The van der Waals surface area contributed by atoms with Crippen LogP contribution in [0.1, 0.15) is 11.1 Å². The second-order valence-corrected chi connectivity index (χ2v) is 5.42. The average molecular weight is 304 g/mol. The van der Waals surface area contributed by atoms with Gasteiger partial charge in [0.1, 0.15) is 5.01 Å². The topological polar surface area (TPSA) is 36.7 Å². The smallest absolute Gasteiger partial charge is 0.236 e. The molecule has 0 unspecified atom stereocenters. The van der Waals surface area contributed by atoms with Crippen molar-refractivity contribution in [2.45, 2.75) is 6.18 Å². The van der Waals surface area contributed by atoms with Gasteiger partial charge in [0.2, 0.25) is 0 Å². The van der Waals surface area contributed by atoms with Crippen molar-refractivity contribution < 1.29 is 13.2 Å². The molecule has 2 nitrogen and oxygen atoms in total. The van der Waals surface area contributed by atoms with E-state index in [-0.39, 0.29) is 0 Å². The fraction of sp³-hybridized carbons (Fsp3) is 0.0667. The quantitative estimate of drug-likeness (QED) is 0.644. The van der Waals surface area contributed by atoms with Crippen molar-refractivity contribution in [2.75, 3.05) is 0 Å². The van der Waals surface area contributed by atoms with Gasteiger partial charge in [0.15, 0.2) is 0 Å². The first-order valence-electron chi connectivity index (χ1n) is 5.96. The molecule has 0 atom stereocenters. The zero-order valence-corrected chi connectivity index (χ0v) is 11.3. The van der Waals surface area contributed by atoms with Crippen molar-refractivity contribution in [1.82, 2.24) is 4.98 Å². The summed E-state index contributed by atoms with van der Waals surface area (Å²) in [4.78, 5) is 4.25. The fourth-order valence-corrected chi connectivity index (χ4v) is 2.87. The van der Waals surface area contributed by atoms with Gasteiger partial charge < -0.3 is 0 Å². The number of fused-ring (bicyclic) bond motifs is 1. The Morgan fingerprint density at radius 3 is 2.38 bits per heavy atom. The predicted molar refractivity (Wildman–Crippen MR) is 74.8 cm³/mol. The molecule has 0 aliphatic rings. The number of nitriles is 1. The Morgan fingerprint density at radius 2 is 1.76 bits per heavy atom. The van der Waals surface area contributed by atoms with Gasteiger partial charge >= 0.3 is 6.18 Å². The molecule has 0 radical (unpaired) electrons. The lowest BCUT2D eigenvalue weighted by atomic mass is 10.1. The number of halogens is 3. The minimum absolute atomic E-state index is 0.328. The summed E-state index contributed by atoms with van der Waals surface area (Å²) in [6, 6.07) is 12.3. The minimum Gasteiger partial charge on any atom is -0.236 e. The molecule has 1 aromatic heterocycles. The van der Waals surface area contributed by atoms with E-state index in [0.29, 0.717) is 20.8 Å². The lowest BCUT2D eigenvalue weighted by Crippen LogP contribution is -2.03. The first-order chi connectivity index (χ1) is 9.97. The maximum Gasteiger partial charge on any atom is 0.416 e. The number of benzene rings is 2. The van der Waals surface area contributed by atoms with E-state index in [9.17, 15) is 13.2 Å². The third-order valence-corrected chi connectivity index (χ3v) is 4.06. The lowest BCUT2D eigenvalue weighted by molar-refractivity contribution is -0.137. The Kier molecular flexibility index (Phi) is 3.15. The molecule has 3 rings (SSSR count). The van der Waals surface area contributed by atoms with E-state index in [0.717, 1.165) is 17.7 Å². The average Bonchev–Trinajstić information content (AvgIpc) is 2.89. The van der Waals surface area contributed by atoms with Crippen molar-refractivity contribution in [1.29, 1.82) is 5.26 Å². The highest BCUT2D eigenvalue weighted by Gasteiger charge is 2.30. The van der Waals surface area contributed by atoms with Gasteiger partial charge in [0, 0.05) is 5.56 Å². The molecule has 0 bridgehead atoms. The van der Waals surface area contributed by atoms with Crippen molar-refractivity contribution in [3.63, 3.8) is 0 Å². The van der Waals surface area contributed by atoms with E-state index in [1.165, 1.54) is 17.4 Å². The molecule has 0 aliphatic carbocycles. The van der Waals surface area contributed by atoms with Gasteiger partial charge in [-0.2, -0.15) is 18.4 Å². The summed E-state index contributed by atoms with van der Waals surface area (Å²) < 4.78 is 38.7. The molecule has 1 heterocycles. The molecule has 104 valence electrons. The Bertz CT molecular complexity index is 842. The molecule has 2 aromatic carbocycles.